The molecule has 0 radical (unpaired) electrons. The summed E-state index contributed by atoms with van der Waals surface area (Å²) in [5.74, 6) is -0.659. The molecule has 0 heterocycles. The lowest BCUT2D eigenvalue weighted by Crippen LogP contribution is -2.34. The Hall–Kier alpha value is -0.650. The van der Waals surface area contributed by atoms with Gasteiger partial charge in [0, 0.05) is 19.0 Å². The van der Waals surface area contributed by atoms with E-state index in [-0.39, 0.29) is 19.3 Å². The molecular formula is C31H65NO4. The van der Waals surface area contributed by atoms with Gasteiger partial charge in [-0.25, -0.2) is 0 Å². The molecule has 4 N–H and O–H groups in total. The highest BCUT2D eigenvalue weighted by Gasteiger charge is 2.05. The number of aliphatic hydroxyl groups excluding tert-OH is 2. The van der Waals surface area contributed by atoms with Gasteiger partial charge in [0.2, 0.25) is 0 Å². The van der Waals surface area contributed by atoms with Gasteiger partial charge in [0.1, 0.15) is 0 Å². The van der Waals surface area contributed by atoms with Crippen molar-refractivity contribution in [2.75, 3.05) is 19.8 Å². The van der Waals surface area contributed by atoms with Crippen molar-refractivity contribution in [1.82, 2.24) is 5.32 Å². The third-order valence-electron chi connectivity index (χ3n) is 6.92. The SMILES string of the molecule is CCCCCCCCCCCC(=O)O.CCCCCCCCCCCCCCCC(CO)NCCO. The molecule has 1 unspecified atom stereocenters. The molecule has 0 aliphatic heterocycles. The number of rotatable bonds is 28. The van der Waals surface area contributed by atoms with E-state index in [1.165, 1.54) is 128 Å². The van der Waals surface area contributed by atoms with Crippen LogP contribution in [0.15, 0.2) is 0 Å². The Morgan fingerprint density at radius 2 is 0.944 bits per heavy atom. The number of hydrogen-bond donors (Lipinski definition) is 4. The van der Waals surface area contributed by atoms with Gasteiger partial charge < -0.3 is 20.6 Å². The maximum absolute atomic E-state index is 10.2. The Morgan fingerprint density at radius 1 is 0.583 bits per heavy atom. The summed E-state index contributed by atoms with van der Waals surface area (Å²) in [7, 11) is 0. The van der Waals surface area contributed by atoms with Gasteiger partial charge in [-0.3, -0.25) is 4.79 Å². The van der Waals surface area contributed by atoms with E-state index in [0.717, 1.165) is 19.3 Å². The van der Waals surface area contributed by atoms with Gasteiger partial charge in [0.25, 0.3) is 0 Å². The first-order valence-electron chi connectivity index (χ1n) is 15.8. The average molecular weight is 516 g/mol. The second-order valence-corrected chi connectivity index (χ2v) is 10.6. The van der Waals surface area contributed by atoms with Crippen LogP contribution < -0.4 is 5.32 Å². The molecule has 0 saturated heterocycles. The molecule has 0 bridgehead atoms. The molecule has 0 saturated carbocycles. The third kappa shape index (κ3) is 35.5. The maximum Gasteiger partial charge on any atom is 0.303 e. The average Bonchev–Trinajstić information content (AvgIpc) is 2.88. The second kappa shape index (κ2) is 34.4. The van der Waals surface area contributed by atoms with Crippen molar-refractivity contribution in [1.29, 1.82) is 0 Å². The Morgan fingerprint density at radius 3 is 1.28 bits per heavy atom. The molecule has 218 valence electrons. The first-order chi connectivity index (χ1) is 17.6. The summed E-state index contributed by atoms with van der Waals surface area (Å²) < 4.78 is 0. The predicted octanol–water partition coefficient (Wildman–Crippen LogP) is 8.40. The highest BCUT2D eigenvalue weighted by Crippen LogP contribution is 2.13. The van der Waals surface area contributed by atoms with Gasteiger partial charge in [-0.05, 0) is 12.8 Å². The number of aliphatic carboxylic acids is 1. The van der Waals surface area contributed by atoms with Crippen LogP contribution in [-0.4, -0.2) is 47.1 Å². The lowest BCUT2D eigenvalue weighted by molar-refractivity contribution is -0.137. The summed E-state index contributed by atoms with van der Waals surface area (Å²) in [5.41, 5.74) is 0. The zero-order valence-corrected chi connectivity index (χ0v) is 24.4. The van der Waals surface area contributed by atoms with Crippen LogP contribution in [-0.2, 0) is 4.79 Å². The Kier molecular flexibility index (Phi) is 35.8. The minimum atomic E-state index is -0.659. The normalized spacial score (nSPS) is 11.8. The molecule has 0 aliphatic rings. The highest BCUT2D eigenvalue weighted by molar-refractivity contribution is 5.66. The van der Waals surface area contributed by atoms with E-state index in [1.54, 1.807) is 0 Å². The van der Waals surface area contributed by atoms with Gasteiger partial charge in [-0.1, -0.05) is 149 Å². The van der Waals surface area contributed by atoms with E-state index >= 15 is 0 Å². The minimum absolute atomic E-state index is 0.148. The largest absolute Gasteiger partial charge is 0.481 e. The van der Waals surface area contributed by atoms with Crippen molar-refractivity contribution in [2.45, 2.75) is 174 Å². The molecule has 1 atom stereocenters. The van der Waals surface area contributed by atoms with Crippen molar-refractivity contribution in [2.24, 2.45) is 0 Å². The van der Waals surface area contributed by atoms with Crippen LogP contribution >= 0.6 is 0 Å². The Labute approximate surface area is 225 Å². The predicted molar refractivity (Wildman–Crippen MR) is 156 cm³/mol. The molecule has 0 fully saturated rings. The van der Waals surface area contributed by atoms with E-state index in [2.05, 4.69) is 19.2 Å². The van der Waals surface area contributed by atoms with E-state index in [1.807, 2.05) is 0 Å². The Balaban J connectivity index is 0. The molecule has 0 aliphatic carbocycles. The summed E-state index contributed by atoms with van der Waals surface area (Å²) >= 11 is 0. The van der Waals surface area contributed by atoms with E-state index in [0.29, 0.717) is 13.0 Å². The summed E-state index contributed by atoms with van der Waals surface area (Å²) in [6.45, 7) is 5.42. The van der Waals surface area contributed by atoms with Crippen molar-refractivity contribution < 1.29 is 20.1 Å². The lowest BCUT2D eigenvalue weighted by Gasteiger charge is -2.15. The number of aliphatic hydroxyl groups is 2. The molecule has 0 aromatic carbocycles. The van der Waals surface area contributed by atoms with E-state index in [4.69, 9.17) is 10.2 Å². The molecule has 0 spiro atoms. The van der Waals surface area contributed by atoms with Crippen LogP contribution in [0.4, 0.5) is 0 Å². The summed E-state index contributed by atoms with van der Waals surface area (Å²) in [6, 6.07) is 0.167. The fourth-order valence-electron chi connectivity index (χ4n) is 4.52. The molecular weight excluding hydrogens is 450 g/mol. The van der Waals surface area contributed by atoms with Gasteiger partial charge in [-0.2, -0.15) is 0 Å². The minimum Gasteiger partial charge on any atom is -0.481 e. The molecule has 0 aromatic rings. The Bertz CT molecular complexity index is 406. The number of carboxylic acid groups (broad SMARTS) is 1. The molecule has 0 rings (SSSR count). The number of unbranched alkanes of at least 4 members (excludes halogenated alkanes) is 20. The second-order valence-electron chi connectivity index (χ2n) is 10.6. The summed E-state index contributed by atoms with van der Waals surface area (Å²) in [4.78, 5) is 10.2. The number of nitrogens with one attached hydrogen (secondary N) is 1. The van der Waals surface area contributed by atoms with Gasteiger partial charge in [-0.15, -0.1) is 0 Å². The fourth-order valence-corrected chi connectivity index (χ4v) is 4.52. The number of carboxylic acids is 1. The topological polar surface area (TPSA) is 89.8 Å². The quantitative estimate of drug-likeness (QED) is 0.0785. The van der Waals surface area contributed by atoms with Crippen molar-refractivity contribution in [3.05, 3.63) is 0 Å². The van der Waals surface area contributed by atoms with Crippen molar-refractivity contribution in [3.8, 4) is 0 Å². The number of hydrogen-bond acceptors (Lipinski definition) is 4. The summed E-state index contributed by atoms with van der Waals surface area (Å²) in [6.07, 6.45) is 30.3. The molecule has 0 aromatic heterocycles. The maximum atomic E-state index is 10.2. The van der Waals surface area contributed by atoms with Crippen LogP contribution in [0.25, 0.3) is 0 Å². The highest BCUT2D eigenvalue weighted by atomic mass is 16.4. The van der Waals surface area contributed by atoms with Gasteiger partial charge in [0.05, 0.1) is 13.2 Å². The monoisotopic (exact) mass is 515 g/mol. The van der Waals surface area contributed by atoms with E-state index in [9.17, 15) is 9.90 Å². The molecule has 5 nitrogen and oxygen atoms in total. The third-order valence-corrected chi connectivity index (χ3v) is 6.92. The molecule has 5 heteroatoms. The summed E-state index contributed by atoms with van der Waals surface area (Å²) in [5, 5.41) is 29.5. The van der Waals surface area contributed by atoms with Crippen LogP contribution in [0.2, 0.25) is 0 Å². The smallest absolute Gasteiger partial charge is 0.303 e. The van der Waals surface area contributed by atoms with E-state index < -0.39 is 5.97 Å². The van der Waals surface area contributed by atoms with Crippen LogP contribution in [0, 0.1) is 0 Å². The zero-order chi connectivity index (χ0) is 27.0. The van der Waals surface area contributed by atoms with Gasteiger partial charge >= 0.3 is 5.97 Å². The van der Waals surface area contributed by atoms with Crippen LogP contribution in [0.1, 0.15) is 168 Å². The van der Waals surface area contributed by atoms with Gasteiger partial charge in [0.15, 0.2) is 0 Å². The first-order valence-corrected chi connectivity index (χ1v) is 15.8. The first kappa shape index (κ1) is 37.5. The lowest BCUT2D eigenvalue weighted by atomic mass is 10.0. The van der Waals surface area contributed by atoms with Crippen molar-refractivity contribution >= 4 is 5.97 Å². The van der Waals surface area contributed by atoms with Crippen LogP contribution in [0.5, 0.6) is 0 Å². The standard InChI is InChI=1S/C19H41NO2.C12H24O2/c1-2-3-4-5-6-7-8-9-10-11-12-13-14-15-19(18-22)20-16-17-21;1-2-3-4-5-6-7-8-9-10-11-12(13)14/h19-22H,2-18H2,1H3;2-11H2,1H3,(H,13,14). The van der Waals surface area contributed by atoms with Crippen LogP contribution in [0.3, 0.4) is 0 Å². The molecule has 36 heavy (non-hydrogen) atoms. The number of carbonyl (C=O) groups is 1. The fraction of sp³-hybridized carbons (Fsp3) is 0.968. The van der Waals surface area contributed by atoms with Crippen molar-refractivity contribution in [3.63, 3.8) is 0 Å². The molecule has 0 amide bonds. The zero-order valence-electron chi connectivity index (χ0n) is 24.4.